The smallest absolute Gasteiger partial charge is 0.448 e. The molecular formula is C8H16O7. The fourth-order valence-electron chi connectivity index (χ4n) is 0.367. The van der Waals surface area contributed by atoms with Crippen molar-refractivity contribution in [2.75, 3.05) is 0 Å². The molecule has 0 amide bonds. The van der Waals surface area contributed by atoms with Crippen LogP contribution >= 0.6 is 0 Å². The van der Waals surface area contributed by atoms with Crippen LogP contribution in [0.5, 0.6) is 0 Å². The van der Waals surface area contributed by atoms with Gasteiger partial charge < -0.3 is 5.11 Å². The van der Waals surface area contributed by atoms with Gasteiger partial charge in [-0.15, -0.1) is 0 Å². The van der Waals surface area contributed by atoms with Crippen LogP contribution in [0.3, 0.4) is 0 Å². The number of hydrogen-bond donors (Lipinski definition) is 1. The minimum absolute atomic E-state index is 0.520. The maximum Gasteiger partial charge on any atom is 0.540 e. The van der Waals surface area contributed by atoms with Gasteiger partial charge in [0.1, 0.15) is 0 Å². The molecule has 0 aliphatic carbocycles. The highest BCUT2D eigenvalue weighted by Gasteiger charge is 2.27. The Hall–Kier alpha value is -0.890. The van der Waals surface area contributed by atoms with Gasteiger partial charge in [-0.05, 0) is 39.7 Å². The van der Waals surface area contributed by atoms with E-state index in [0.717, 1.165) is 0 Å². The van der Waals surface area contributed by atoms with Crippen molar-refractivity contribution in [1.82, 2.24) is 0 Å². The fourth-order valence-corrected chi connectivity index (χ4v) is 0.367. The van der Waals surface area contributed by atoms with Gasteiger partial charge in [0.25, 0.3) is 0 Å². The molecule has 0 fully saturated rings. The van der Waals surface area contributed by atoms with Crippen LogP contribution in [-0.4, -0.2) is 22.7 Å². The van der Waals surface area contributed by atoms with Crippen molar-refractivity contribution in [2.24, 2.45) is 0 Å². The van der Waals surface area contributed by atoms with Crippen molar-refractivity contribution in [2.45, 2.75) is 46.0 Å². The van der Waals surface area contributed by atoms with E-state index < -0.39 is 17.5 Å². The summed E-state index contributed by atoms with van der Waals surface area (Å²) in [6, 6.07) is 0. The molecule has 15 heavy (non-hydrogen) atoms. The largest absolute Gasteiger partial charge is 0.540 e. The molecule has 0 saturated carbocycles. The van der Waals surface area contributed by atoms with Crippen LogP contribution in [0.25, 0.3) is 0 Å². The fraction of sp³-hybridized carbons (Fsp3) is 0.875. The lowest BCUT2D eigenvalue weighted by Gasteiger charge is -2.25. The lowest BCUT2D eigenvalue weighted by molar-refractivity contribution is -0.588. The SMILES string of the molecule is CC(C)(C)OOC(C)(C)OOOC(=O)O. The predicted molar refractivity (Wildman–Crippen MR) is 47.3 cm³/mol. The maximum absolute atomic E-state index is 9.90. The molecule has 1 N–H and O–H groups in total. The summed E-state index contributed by atoms with van der Waals surface area (Å²) in [5.41, 5.74) is -0.520. The average Bonchev–Trinajstić information content (AvgIpc) is 1.99. The molecule has 0 aliphatic rings. The first-order valence-corrected chi connectivity index (χ1v) is 4.24. The molecule has 7 heteroatoms. The van der Waals surface area contributed by atoms with Crippen LogP contribution in [0.15, 0.2) is 0 Å². The molecule has 0 aliphatic heterocycles. The van der Waals surface area contributed by atoms with Gasteiger partial charge in [-0.1, -0.05) is 0 Å². The molecule has 90 valence electrons. The van der Waals surface area contributed by atoms with E-state index in [1.54, 1.807) is 20.8 Å². The zero-order valence-corrected chi connectivity index (χ0v) is 9.40. The Balaban J connectivity index is 3.81. The van der Waals surface area contributed by atoms with Gasteiger partial charge in [-0.3, -0.25) is 0 Å². The number of carbonyl (C=O) groups is 1. The van der Waals surface area contributed by atoms with Gasteiger partial charge >= 0.3 is 6.16 Å². The Morgan fingerprint density at radius 2 is 1.53 bits per heavy atom. The van der Waals surface area contributed by atoms with E-state index >= 15 is 0 Å². The molecule has 0 aromatic carbocycles. The first-order chi connectivity index (χ1) is 6.62. The van der Waals surface area contributed by atoms with E-state index in [1.807, 2.05) is 0 Å². The van der Waals surface area contributed by atoms with Crippen molar-refractivity contribution < 1.29 is 34.5 Å². The van der Waals surface area contributed by atoms with Crippen molar-refractivity contribution >= 4 is 6.16 Å². The molecule has 0 unspecified atom stereocenters. The number of carboxylic acid groups (broad SMARTS) is 1. The molecule has 0 aromatic rings. The second kappa shape index (κ2) is 5.26. The molecule has 0 rings (SSSR count). The van der Waals surface area contributed by atoms with Crippen molar-refractivity contribution in [1.29, 1.82) is 0 Å². The lowest BCUT2D eigenvalue weighted by Crippen LogP contribution is -2.33. The van der Waals surface area contributed by atoms with E-state index in [2.05, 4.69) is 14.8 Å². The van der Waals surface area contributed by atoms with Crippen LogP contribution in [-0.2, 0) is 24.6 Å². The Kier molecular flexibility index (Phi) is 4.95. The average molecular weight is 224 g/mol. The molecule has 7 nitrogen and oxygen atoms in total. The Labute approximate surface area is 87.6 Å². The highest BCUT2D eigenvalue weighted by molar-refractivity contribution is 5.55. The van der Waals surface area contributed by atoms with E-state index in [4.69, 9.17) is 14.9 Å². The van der Waals surface area contributed by atoms with Crippen LogP contribution in [0.1, 0.15) is 34.6 Å². The Bertz CT molecular complexity index is 206. The standard InChI is InChI=1S/C8H16O7/c1-7(2,3)12-13-8(4,5)14-15-11-6(9)10/h1-5H3,(H,9,10). The van der Waals surface area contributed by atoms with Crippen LogP contribution < -0.4 is 0 Å². The molecular weight excluding hydrogens is 208 g/mol. The maximum atomic E-state index is 9.90. The van der Waals surface area contributed by atoms with Crippen molar-refractivity contribution in [3.63, 3.8) is 0 Å². The Morgan fingerprint density at radius 3 is 1.93 bits per heavy atom. The van der Waals surface area contributed by atoms with Gasteiger partial charge in [0.15, 0.2) is 0 Å². The first kappa shape index (κ1) is 14.1. The third kappa shape index (κ3) is 9.42. The third-order valence-corrected chi connectivity index (χ3v) is 0.832. The normalized spacial score (nSPS) is 12.6. The summed E-state index contributed by atoms with van der Waals surface area (Å²) in [4.78, 5) is 27.9. The lowest BCUT2D eigenvalue weighted by atomic mass is 10.2. The van der Waals surface area contributed by atoms with Gasteiger partial charge in [-0.25, -0.2) is 14.6 Å². The highest BCUT2D eigenvalue weighted by Crippen LogP contribution is 2.17. The van der Waals surface area contributed by atoms with E-state index in [9.17, 15) is 4.79 Å². The minimum atomic E-state index is -1.62. The third-order valence-electron chi connectivity index (χ3n) is 0.832. The summed E-state index contributed by atoms with van der Waals surface area (Å²) < 4.78 is 0. The summed E-state index contributed by atoms with van der Waals surface area (Å²) in [5, 5.41) is 12.0. The summed E-state index contributed by atoms with van der Waals surface area (Å²) in [5.74, 6) is -1.29. The van der Waals surface area contributed by atoms with Crippen molar-refractivity contribution in [3.8, 4) is 0 Å². The molecule has 0 atom stereocenters. The van der Waals surface area contributed by atoms with Gasteiger partial charge in [-0.2, -0.15) is 9.78 Å². The summed E-state index contributed by atoms with van der Waals surface area (Å²) in [6.07, 6.45) is -1.62. The summed E-state index contributed by atoms with van der Waals surface area (Å²) >= 11 is 0. The number of hydrogen-bond acceptors (Lipinski definition) is 6. The molecule has 0 saturated heterocycles. The van der Waals surface area contributed by atoms with Gasteiger partial charge in [0.2, 0.25) is 5.79 Å². The molecule has 0 aromatic heterocycles. The zero-order valence-electron chi connectivity index (χ0n) is 9.40. The molecule has 0 spiro atoms. The van der Waals surface area contributed by atoms with Gasteiger partial charge in [0, 0.05) is 0 Å². The Morgan fingerprint density at radius 1 is 1.00 bits per heavy atom. The summed E-state index contributed by atoms with van der Waals surface area (Å²) in [7, 11) is 0. The second-order valence-electron chi connectivity index (χ2n) is 4.18. The van der Waals surface area contributed by atoms with E-state index in [-0.39, 0.29) is 0 Å². The first-order valence-electron chi connectivity index (χ1n) is 4.24. The second-order valence-corrected chi connectivity index (χ2v) is 4.18. The van der Waals surface area contributed by atoms with Crippen molar-refractivity contribution in [3.05, 3.63) is 0 Å². The van der Waals surface area contributed by atoms with E-state index in [1.165, 1.54) is 13.8 Å². The quantitative estimate of drug-likeness (QED) is 0.434. The van der Waals surface area contributed by atoms with E-state index in [0.29, 0.717) is 0 Å². The topological polar surface area (TPSA) is 83.5 Å². The highest BCUT2D eigenvalue weighted by atomic mass is 17.5. The minimum Gasteiger partial charge on any atom is -0.448 e. The number of rotatable bonds is 5. The monoisotopic (exact) mass is 224 g/mol. The predicted octanol–water partition coefficient (Wildman–Crippen LogP) is 2.03. The van der Waals surface area contributed by atoms with Crippen LogP contribution in [0, 0.1) is 0 Å². The van der Waals surface area contributed by atoms with Crippen LogP contribution in [0.2, 0.25) is 0 Å². The summed E-state index contributed by atoms with van der Waals surface area (Å²) in [6.45, 7) is 8.25. The zero-order chi connectivity index (χ0) is 12.1. The van der Waals surface area contributed by atoms with Crippen LogP contribution in [0.4, 0.5) is 4.79 Å². The molecule has 0 radical (unpaired) electrons. The molecule has 0 heterocycles. The molecule has 0 bridgehead atoms. The van der Waals surface area contributed by atoms with Gasteiger partial charge in [0.05, 0.1) is 5.60 Å².